The molecule has 0 N–H and O–H groups in total. The summed E-state index contributed by atoms with van der Waals surface area (Å²) in [6.45, 7) is 6.77. The molecule has 2 aromatic rings. The lowest BCUT2D eigenvalue weighted by molar-refractivity contribution is 0.239. The summed E-state index contributed by atoms with van der Waals surface area (Å²) in [6, 6.07) is 4.08. The van der Waals surface area contributed by atoms with Crippen LogP contribution in [0.3, 0.4) is 0 Å². The van der Waals surface area contributed by atoms with Crippen molar-refractivity contribution in [3.05, 3.63) is 34.5 Å². The lowest BCUT2D eigenvalue weighted by atomic mass is 10.3. The van der Waals surface area contributed by atoms with Gasteiger partial charge in [0, 0.05) is 43.3 Å². The Balaban J connectivity index is 1.51. The van der Waals surface area contributed by atoms with Crippen molar-refractivity contribution >= 4 is 21.7 Å². The van der Waals surface area contributed by atoms with Crippen molar-refractivity contribution in [3.63, 3.8) is 0 Å². The number of hydrogen-bond donors (Lipinski definition) is 0. The molecular formula is C15H20BrN5O. The lowest BCUT2D eigenvalue weighted by Gasteiger charge is -2.34. The zero-order valence-corrected chi connectivity index (χ0v) is 14.3. The van der Waals surface area contributed by atoms with E-state index in [9.17, 15) is 0 Å². The van der Waals surface area contributed by atoms with Crippen molar-refractivity contribution in [1.82, 2.24) is 20.0 Å². The number of aromatic nitrogens is 3. The molecule has 2 aromatic heterocycles. The summed E-state index contributed by atoms with van der Waals surface area (Å²) < 4.78 is 6.24. The summed E-state index contributed by atoms with van der Waals surface area (Å²) >= 11 is 3.42. The Morgan fingerprint density at radius 1 is 1.23 bits per heavy atom. The second kappa shape index (κ2) is 7.19. The van der Waals surface area contributed by atoms with Crippen LogP contribution in [0.4, 0.5) is 5.82 Å². The highest BCUT2D eigenvalue weighted by molar-refractivity contribution is 9.10. The summed E-state index contributed by atoms with van der Waals surface area (Å²) in [5.41, 5.74) is 0. The van der Waals surface area contributed by atoms with E-state index in [0.717, 1.165) is 67.6 Å². The third-order valence-electron chi connectivity index (χ3n) is 3.75. The van der Waals surface area contributed by atoms with E-state index in [1.54, 1.807) is 0 Å². The topological polar surface area (TPSA) is 58.3 Å². The molecule has 1 aliphatic rings. The molecule has 0 amide bonds. The normalized spacial score (nSPS) is 16.2. The molecule has 3 rings (SSSR count). The number of anilines is 1. The second-order valence-electron chi connectivity index (χ2n) is 5.45. The monoisotopic (exact) mass is 365 g/mol. The molecule has 0 atom stereocenters. The molecule has 0 saturated carbocycles. The Bertz CT molecular complexity index is 592. The third-order valence-corrected chi connectivity index (χ3v) is 4.22. The van der Waals surface area contributed by atoms with Crippen LogP contribution >= 0.6 is 15.9 Å². The Morgan fingerprint density at radius 2 is 2.05 bits per heavy atom. The number of halogens is 1. The fourth-order valence-electron chi connectivity index (χ4n) is 2.56. The molecule has 7 heteroatoms. The molecule has 0 radical (unpaired) electrons. The molecule has 0 aromatic carbocycles. The molecule has 118 valence electrons. The predicted molar refractivity (Wildman–Crippen MR) is 87.7 cm³/mol. The first-order chi connectivity index (χ1) is 10.7. The van der Waals surface area contributed by atoms with Crippen LogP contribution in [0.1, 0.15) is 25.1 Å². The number of hydrogen-bond acceptors (Lipinski definition) is 6. The van der Waals surface area contributed by atoms with E-state index in [-0.39, 0.29) is 0 Å². The van der Waals surface area contributed by atoms with Crippen molar-refractivity contribution in [2.24, 2.45) is 0 Å². The lowest BCUT2D eigenvalue weighted by Crippen LogP contribution is -2.46. The average Bonchev–Trinajstić information content (AvgIpc) is 2.97. The number of nitrogens with zero attached hydrogens (tertiary/aromatic N) is 5. The van der Waals surface area contributed by atoms with Crippen LogP contribution in [-0.4, -0.2) is 46.2 Å². The van der Waals surface area contributed by atoms with Gasteiger partial charge in [0.05, 0.1) is 6.54 Å². The van der Waals surface area contributed by atoms with Gasteiger partial charge >= 0.3 is 0 Å². The molecule has 1 saturated heterocycles. The fourth-order valence-corrected chi connectivity index (χ4v) is 2.79. The smallest absolute Gasteiger partial charge is 0.226 e. The zero-order valence-electron chi connectivity index (χ0n) is 12.7. The maximum absolute atomic E-state index is 5.24. The molecule has 3 heterocycles. The van der Waals surface area contributed by atoms with Gasteiger partial charge < -0.3 is 9.42 Å². The summed E-state index contributed by atoms with van der Waals surface area (Å²) in [5.74, 6) is 2.57. The highest BCUT2D eigenvalue weighted by Crippen LogP contribution is 2.17. The zero-order chi connectivity index (χ0) is 15.4. The molecule has 0 unspecified atom stereocenters. The minimum Gasteiger partial charge on any atom is -0.354 e. The van der Waals surface area contributed by atoms with E-state index in [1.807, 2.05) is 12.3 Å². The van der Waals surface area contributed by atoms with Gasteiger partial charge in [-0.25, -0.2) is 4.98 Å². The second-order valence-corrected chi connectivity index (χ2v) is 6.37. The van der Waals surface area contributed by atoms with Gasteiger partial charge in [0.1, 0.15) is 5.82 Å². The molecule has 6 nitrogen and oxygen atoms in total. The van der Waals surface area contributed by atoms with Crippen molar-refractivity contribution in [3.8, 4) is 0 Å². The van der Waals surface area contributed by atoms with Gasteiger partial charge in [-0.2, -0.15) is 4.98 Å². The van der Waals surface area contributed by atoms with Crippen LogP contribution in [0.5, 0.6) is 0 Å². The van der Waals surface area contributed by atoms with Crippen molar-refractivity contribution in [2.75, 3.05) is 31.1 Å². The molecule has 22 heavy (non-hydrogen) atoms. The first-order valence-corrected chi connectivity index (χ1v) is 8.44. The van der Waals surface area contributed by atoms with E-state index in [0.29, 0.717) is 0 Å². The Kier molecular flexibility index (Phi) is 5.04. The molecule has 0 bridgehead atoms. The standard InChI is InChI=1S/C15H20BrN5O/c1-2-3-15-18-13(19-22-15)11-20-6-8-21(9-7-20)14-5-4-12(16)10-17-14/h4-5,10H,2-3,6-9,11H2,1H3. The maximum Gasteiger partial charge on any atom is 0.226 e. The van der Waals surface area contributed by atoms with Gasteiger partial charge in [-0.05, 0) is 34.5 Å². The van der Waals surface area contributed by atoms with Gasteiger partial charge in [0.2, 0.25) is 5.89 Å². The van der Waals surface area contributed by atoms with Gasteiger partial charge in [-0.1, -0.05) is 12.1 Å². The van der Waals surface area contributed by atoms with Gasteiger partial charge in [0.25, 0.3) is 0 Å². The Labute approximate surface area is 138 Å². The number of rotatable bonds is 5. The van der Waals surface area contributed by atoms with E-state index in [2.05, 4.69) is 53.8 Å². The first-order valence-electron chi connectivity index (χ1n) is 7.65. The molecular weight excluding hydrogens is 346 g/mol. The number of pyridine rings is 1. The number of piperazine rings is 1. The highest BCUT2D eigenvalue weighted by atomic mass is 79.9. The van der Waals surface area contributed by atoms with Crippen LogP contribution in [-0.2, 0) is 13.0 Å². The summed E-state index contributed by atoms with van der Waals surface area (Å²) in [5, 5.41) is 4.06. The minimum absolute atomic E-state index is 0.746. The first kappa shape index (κ1) is 15.4. The molecule has 1 fully saturated rings. The predicted octanol–water partition coefficient (Wildman–Crippen LogP) is 2.50. The molecule has 0 aliphatic carbocycles. The van der Waals surface area contributed by atoms with Gasteiger partial charge in [-0.15, -0.1) is 0 Å². The van der Waals surface area contributed by atoms with Gasteiger partial charge in [-0.3, -0.25) is 4.90 Å². The summed E-state index contributed by atoms with van der Waals surface area (Å²) in [4.78, 5) is 13.6. The maximum atomic E-state index is 5.24. The van der Waals surface area contributed by atoms with Crippen LogP contribution in [0.2, 0.25) is 0 Å². The quantitative estimate of drug-likeness (QED) is 0.811. The van der Waals surface area contributed by atoms with Crippen molar-refractivity contribution < 1.29 is 4.52 Å². The fraction of sp³-hybridized carbons (Fsp3) is 0.533. The minimum atomic E-state index is 0.746. The van der Waals surface area contributed by atoms with Crippen LogP contribution in [0.25, 0.3) is 0 Å². The molecule has 0 spiro atoms. The summed E-state index contributed by atoms with van der Waals surface area (Å²) in [7, 11) is 0. The summed E-state index contributed by atoms with van der Waals surface area (Å²) in [6.07, 6.45) is 3.73. The van der Waals surface area contributed by atoms with Crippen LogP contribution in [0.15, 0.2) is 27.3 Å². The third kappa shape index (κ3) is 3.84. The SMILES string of the molecule is CCCc1nc(CN2CCN(c3ccc(Br)cn3)CC2)no1. The van der Waals surface area contributed by atoms with E-state index in [1.165, 1.54) is 0 Å². The van der Waals surface area contributed by atoms with Crippen molar-refractivity contribution in [1.29, 1.82) is 0 Å². The van der Waals surface area contributed by atoms with Crippen LogP contribution < -0.4 is 4.90 Å². The molecule has 1 aliphatic heterocycles. The highest BCUT2D eigenvalue weighted by Gasteiger charge is 2.19. The van der Waals surface area contributed by atoms with Gasteiger partial charge in [0.15, 0.2) is 5.82 Å². The van der Waals surface area contributed by atoms with Crippen molar-refractivity contribution in [2.45, 2.75) is 26.3 Å². The Morgan fingerprint density at radius 3 is 2.73 bits per heavy atom. The Hall–Kier alpha value is -1.47. The van der Waals surface area contributed by atoms with E-state index >= 15 is 0 Å². The number of aryl methyl sites for hydroxylation is 1. The van der Waals surface area contributed by atoms with Crippen LogP contribution in [0, 0.1) is 0 Å². The van der Waals surface area contributed by atoms with E-state index in [4.69, 9.17) is 4.52 Å². The van der Waals surface area contributed by atoms with E-state index < -0.39 is 0 Å². The average molecular weight is 366 g/mol. The largest absolute Gasteiger partial charge is 0.354 e.